The molecule has 1 rings (SSSR count). The SMILES string of the molecule is COC(C)(C)C(=O)c1cccc(F)c1F. The highest BCUT2D eigenvalue weighted by Gasteiger charge is 2.30. The Morgan fingerprint density at radius 2 is 1.93 bits per heavy atom. The van der Waals surface area contributed by atoms with Gasteiger partial charge in [-0.05, 0) is 26.0 Å². The van der Waals surface area contributed by atoms with Gasteiger partial charge in [-0.15, -0.1) is 0 Å². The zero-order chi connectivity index (χ0) is 11.6. The second-order valence-corrected chi connectivity index (χ2v) is 3.64. The van der Waals surface area contributed by atoms with Gasteiger partial charge in [-0.3, -0.25) is 4.79 Å². The fourth-order valence-corrected chi connectivity index (χ4v) is 1.10. The van der Waals surface area contributed by atoms with Gasteiger partial charge in [0, 0.05) is 7.11 Å². The van der Waals surface area contributed by atoms with Crippen molar-refractivity contribution in [3.63, 3.8) is 0 Å². The van der Waals surface area contributed by atoms with Crippen molar-refractivity contribution in [2.75, 3.05) is 7.11 Å². The topological polar surface area (TPSA) is 26.3 Å². The minimum Gasteiger partial charge on any atom is -0.371 e. The fourth-order valence-electron chi connectivity index (χ4n) is 1.10. The summed E-state index contributed by atoms with van der Waals surface area (Å²) in [6.07, 6.45) is 0. The van der Waals surface area contributed by atoms with Crippen molar-refractivity contribution in [1.82, 2.24) is 0 Å². The molecule has 0 aliphatic rings. The maximum atomic E-state index is 13.3. The number of Topliss-reactive ketones (excluding diaryl/α,β-unsaturated/α-hetero) is 1. The summed E-state index contributed by atoms with van der Waals surface area (Å²) in [5, 5.41) is 0. The summed E-state index contributed by atoms with van der Waals surface area (Å²) in [7, 11) is 1.34. The number of benzene rings is 1. The summed E-state index contributed by atoms with van der Waals surface area (Å²) in [6.45, 7) is 3.00. The molecule has 0 aromatic heterocycles. The molecule has 0 heterocycles. The van der Waals surface area contributed by atoms with E-state index in [2.05, 4.69) is 0 Å². The monoisotopic (exact) mass is 214 g/mol. The minimum atomic E-state index is -1.16. The summed E-state index contributed by atoms with van der Waals surface area (Å²) in [6, 6.07) is 3.49. The van der Waals surface area contributed by atoms with Crippen molar-refractivity contribution >= 4 is 5.78 Å². The summed E-state index contributed by atoms with van der Waals surface area (Å²) < 4.78 is 31.0. The van der Waals surface area contributed by atoms with Crippen LogP contribution in [-0.2, 0) is 4.74 Å². The van der Waals surface area contributed by atoms with Crippen LogP contribution in [0.2, 0.25) is 0 Å². The standard InChI is InChI=1S/C11H12F2O2/c1-11(2,15-3)10(14)7-5-4-6-8(12)9(7)13/h4-6H,1-3H3. The van der Waals surface area contributed by atoms with Crippen LogP contribution in [0.5, 0.6) is 0 Å². The number of carbonyl (C=O) groups is 1. The molecule has 0 spiro atoms. The van der Waals surface area contributed by atoms with E-state index in [0.717, 1.165) is 6.07 Å². The normalized spacial score (nSPS) is 11.5. The highest BCUT2D eigenvalue weighted by atomic mass is 19.2. The molecule has 0 amide bonds. The van der Waals surface area contributed by atoms with E-state index in [1.807, 2.05) is 0 Å². The summed E-state index contributed by atoms with van der Waals surface area (Å²) in [5.74, 6) is -2.75. The van der Waals surface area contributed by atoms with E-state index >= 15 is 0 Å². The number of methoxy groups -OCH3 is 1. The Balaban J connectivity index is 3.18. The van der Waals surface area contributed by atoms with Crippen LogP contribution in [0.25, 0.3) is 0 Å². The number of rotatable bonds is 3. The number of halogens is 2. The van der Waals surface area contributed by atoms with E-state index in [1.165, 1.54) is 33.1 Å². The van der Waals surface area contributed by atoms with Crippen molar-refractivity contribution in [2.24, 2.45) is 0 Å². The Hall–Kier alpha value is -1.29. The van der Waals surface area contributed by atoms with Crippen LogP contribution in [0, 0.1) is 11.6 Å². The van der Waals surface area contributed by atoms with E-state index in [-0.39, 0.29) is 5.56 Å². The van der Waals surface area contributed by atoms with Gasteiger partial charge in [-0.1, -0.05) is 6.07 Å². The number of hydrogen-bond donors (Lipinski definition) is 0. The Labute approximate surface area is 86.9 Å². The zero-order valence-electron chi connectivity index (χ0n) is 8.80. The molecular formula is C11H12F2O2. The van der Waals surface area contributed by atoms with Gasteiger partial charge >= 0.3 is 0 Å². The van der Waals surface area contributed by atoms with Crippen molar-refractivity contribution in [1.29, 1.82) is 0 Å². The van der Waals surface area contributed by atoms with Crippen molar-refractivity contribution in [3.05, 3.63) is 35.4 Å². The molecule has 0 atom stereocenters. The molecule has 4 heteroatoms. The summed E-state index contributed by atoms with van der Waals surface area (Å²) >= 11 is 0. The molecule has 0 fully saturated rings. The first kappa shape index (κ1) is 11.8. The molecule has 0 N–H and O–H groups in total. The van der Waals surface area contributed by atoms with Crippen LogP contribution in [-0.4, -0.2) is 18.5 Å². The van der Waals surface area contributed by atoms with E-state index in [0.29, 0.717) is 0 Å². The van der Waals surface area contributed by atoms with Crippen molar-refractivity contribution < 1.29 is 18.3 Å². The second kappa shape index (κ2) is 4.06. The smallest absolute Gasteiger partial charge is 0.197 e. The molecule has 0 bridgehead atoms. The molecule has 1 aromatic carbocycles. The third kappa shape index (κ3) is 2.21. The van der Waals surface area contributed by atoms with E-state index < -0.39 is 23.0 Å². The Bertz CT molecular complexity index is 386. The summed E-state index contributed by atoms with van der Waals surface area (Å²) in [4.78, 5) is 11.7. The van der Waals surface area contributed by atoms with Gasteiger partial charge in [-0.2, -0.15) is 0 Å². The Morgan fingerprint density at radius 3 is 2.47 bits per heavy atom. The number of ketones is 1. The van der Waals surface area contributed by atoms with Gasteiger partial charge in [0.2, 0.25) is 0 Å². The molecule has 0 radical (unpaired) electrons. The molecule has 0 unspecified atom stereocenters. The van der Waals surface area contributed by atoms with Gasteiger partial charge in [0.05, 0.1) is 5.56 Å². The van der Waals surface area contributed by atoms with Crippen LogP contribution >= 0.6 is 0 Å². The van der Waals surface area contributed by atoms with Gasteiger partial charge in [0.15, 0.2) is 17.4 Å². The quantitative estimate of drug-likeness (QED) is 0.723. The van der Waals surface area contributed by atoms with Gasteiger partial charge in [0.1, 0.15) is 5.60 Å². The lowest BCUT2D eigenvalue weighted by Crippen LogP contribution is -2.34. The fraction of sp³-hybridized carbons (Fsp3) is 0.364. The lowest BCUT2D eigenvalue weighted by molar-refractivity contribution is 0.0224. The molecular weight excluding hydrogens is 202 g/mol. The number of hydrogen-bond acceptors (Lipinski definition) is 2. The predicted octanol–water partition coefficient (Wildman–Crippen LogP) is 2.57. The molecule has 0 aliphatic carbocycles. The molecule has 15 heavy (non-hydrogen) atoms. The number of ether oxygens (including phenoxy) is 1. The van der Waals surface area contributed by atoms with Crippen LogP contribution in [0.15, 0.2) is 18.2 Å². The van der Waals surface area contributed by atoms with E-state index in [1.54, 1.807) is 0 Å². The first-order chi connectivity index (χ1) is 6.90. The van der Waals surface area contributed by atoms with Crippen molar-refractivity contribution in [2.45, 2.75) is 19.4 Å². The van der Waals surface area contributed by atoms with Crippen LogP contribution in [0.4, 0.5) is 8.78 Å². The van der Waals surface area contributed by atoms with Crippen LogP contribution < -0.4 is 0 Å². The average Bonchev–Trinajstić information content (AvgIpc) is 2.21. The van der Waals surface area contributed by atoms with Crippen LogP contribution in [0.3, 0.4) is 0 Å². The third-order valence-electron chi connectivity index (χ3n) is 2.25. The largest absolute Gasteiger partial charge is 0.371 e. The molecule has 0 saturated carbocycles. The predicted molar refractivity (Wildman–Crippen MR) is 51.8 cm³/mol. The average molecular weight is 214 g/mol. The highest BCUT2D eigenvalue weighted by molar-refractivity contribution is 6.02. The number of carbonyl (C=O) groups excluding carboxylic acids is 1. The summed E-state index contributed by atoms with van der Waals surface area (Å²) in [5.41, 5.74) is -1.45. The first-order valence-corrected chi connectivity index (χ1v) is 4.44. The maximum absolute atomic E-state index is 13.3. The lowest BCUT2D eigenvalue weighted by atomic mass is 9.96. The third-order valence-corrected chi connectivity index (χ3v) is 2.25. The first-order valence-electron chi connectivity index (χ1n) is 4.44. The van der Waals surface area contributed by atoms with Gasteiger partial charge in [0.25, 0.3) is 0 Å². The minimum absolute atomic E-state index is 0.290. The zero-order valence-corrected chi connectivity index (χ0v) is 8.80. The van der Waals surface area contributed by atoms with Gasteiger partial charge in [-0.25, -0.2) is 8.78 Å². The second-order valence-electron chi connectivity index (χ2n) is 3.64. The molecule has 1 aromatic rings. The molecule has 2 nitrogen and oxygen atoms in total. The molecule has 82 valence electrons. The highest BCUT2D eigenvalue weighted by Crippen LogP contribution is 2.20. The lowest BCUT2D eigenvalue weighted by Gasteiger charge is -2.21. The van der Waals surface area contributed by atoms with E-state index in [4.69, 9.17) is 4.74 Å². The van der Waals surface area contributed by atoms with E-state index in [9.17, 15) is 13.6 Å². The molecule has 0 saturated heterocycles. The van der Waals surface area contributed by atoms with Crippen molar-refractivity contribution in [3.8, 4) is 0 Å². The Kier molecular flexibility index (Phi) is 3.19. The Morgan fingerprint density at radius 1 is 1.33 bits per heavy atom. The van der Waals surface area contributed by atoms with Gasteiger partial charge < -0.3 is 4.74 Å². The molecule has 0 aliphatic heterocycles. The van der Waals surface area contributed by atoms with Crippen LogP contribution in [0.1, 0.15) is 24.2 Å². The maximum Gasteiger partial charge on any atom is 0.197 e.